The third-order valence-electron chi connectivity index (χ3n) is 7.57. The summed E-state index contributed by atoms with van der Waals surface area (Å²) in [6.45, 7) is 3.94. The molecule has 3 aliphatic carbocycles. The van der Waals surface area contributed by atoms with E-state index in [1.165, 1.54) is 12.7 Å². The van der Waals surface area contributed by atoms with E-state index >= 15 is 0 Å². The van der Waals surface area contributed by atoms with Crippen LogP contribution in [0.5, 0.6) is 11.5 Å². The van der Waals surface area contributed by atoms with E-state index in [1.807, 2.05) is 18.2 Å². The van der Waals surface area contributed by atoms with Crippen molar-refractivity contribution in [2.24, 2.45) is 23.7 Å². The van der Waals surface area contributed by atoms with Gasteiger partial charge < -0.3 is 19.3 Å². The minimum atomic E-state index is -0.865. The normalized spacial score (nSPS) is 35.9. The van der Waals surface area contributed by atoms with Gasteiger partial charge in [-0.05, 0) is 67.2 Å². The predicted octanol–water partition coefficient (Wildman–Crippen LogP) is 3.49. The van der Waals surface area contributed by atoms with Gasteiger partial charge in [0.1, 0.15) is 0 Å². The molecular formula is C23H30O5. The Labute approximate surface area is 166 Å². The summed E-state index contributed by atoms with van der Waals surface area (Å²) < 4.78 is 16.2. The number of carbonyl (C=O) groups is 1. The van der Waals surface area contributed by atoms with Crippen molar-refractivity contribution in [2.45, 2.75) is 43.6 Å². The van der Waals surface area contributed by atoms with Crippen LogP contribution in [-0.2, 0) is 16.0 Å². The Morgan fingerprint density at radius 3 is 2.54 bits per heavy atom. The Morgan fingerprint density at radius 1 is 1.18 bits per heavy atom. The maximum Gasteiger partial charge on any atom is 0.309 e. The number of rotatable bonds is 4. The lowest BCUT2D eigenvalue weighted by Gasteiger charge is -2.52. The highest BCUT2D eigenvalue weighted by atomic mass is 16.5. The molecule has 5 nitrogen and oxygen atoms in total. The first-order chi connectivity index (χ1) is 13.5. The second kappa shape index (κ2) is 7.11. The summed E-state index contributed by atoms with van der Waals surface area (Å²) in [7, 11) is 4.71. The van der Waals surface area contributed by atoms with E-state index in [0.29, 0.717) is 17.9 Å². The van der Waals surface area contributed by atoms with Crippen LogP contribution in [-0.4, -0.2) is 38.0 Å². The molecule has 3 aliphatic rings. The van der Waals surface area contributed by atoms with E-state index in [0.717, 1.165) is 31.2 Å². The molecule has 0 spiro atoms. The highest BCUT2D eigenvalue weighted by Gasteiger charge is 2.60. The van der Waals surface area contributed by atoms with E-state index in [4.69, 9.17) is 14.2 Å². The number of hydrogen-bond acceptors (Lipinski definition) is 5. The summed E-state index contributed by atoms with van der Waals surface area (Å²) in [5, 5.41) is 11.6. The molecule has 4 rings (SSSR count). The van der Waals surface area contributed by atoms with E-state index in [9.17, 15) is 9.90 Å². The molecule has 0 unspecified atom stereocenters. The van der Waals surface area contributed by atoms with Gasteiger partial charge in [-0.15, -0.1) is 6.58 Å². The maximum absolute atomic E-state index is 12.8. The third kappa shape index (κ3) is 2.66. The largest absolute Gasteiger partial charge is 0.493 e. The summed E-state index contributed by atoms with van der Waals surface area (Å²) in [5.74, 6) is 1.30. The highest BCUT2D eigenvalue weighted by Crippen LogP contribution is 2.61. The number of methoxy groups -OCH3 is 3. The molecule has 152 valence electrons. The molecule has 28 heavy (non-hydrogen) atoms. The van der Waals surface area contributed by atoms with Crippen LogP contribution in [0.4, 0.5) is 0 Å². The number of esters is 1. The molecule has 0 aliphatic heterocycles. The molecule has 1 aromatic carbocycles. The summed E-state index contributed by atoms with van der Waals surface area (Å²) >= 11 is 0. The Balaban J connectivity index is 1.83. The van der Waals surface area contributed by atoms with Gasteiger partial charge in [-0.25, -0.2) is 0 Å². The van der Waals surface area contributed by atoms with Crippen molar-refractivity contribution in [3.8, 4) is 11.5 Å². The lowest BCUT2D eigenvalue weighted by molar-refractivity contribution is -0.160. The first-order valence-electron chi connectivity index (χ1n) is 10.2. The molecule has 2 fully saturated rings. The highest BCUT2D eigenvalue weighted by molar-refractivity contribution is 5.75. The molecule has 6 atom stereocenters. The molecule has 0 radical (unpaired) electrons. The van der Waals surface area contributed by atoms with Crippen molar-refractivity contribution in [2.75, 3.05) is 21.3 Å². The zero-order valence-electron chi connectivity index (χ0n) is 16.9. The molecule has 0 bridgehead atoms. The third-order valence-corrected chi connectivity index (χ3v) is 7.57. The van der Waals surface area contributed by atoms with Crippen LogP contribution >= 0.6 is 0 Å². The van der Waals surface area contributed by atoms with Gasteiger partial charge in [0.15, 0.2) is 11.5 Å². The van der Waals surface area contributed by atoms with Crippen molar-refractivity contribution in [3.63, 3.8) is 0 Å². The van der Waals surface area contributed by atoms with Crippen LogP contribution < -0.4 is 9.47 Å². The predicted molar refractivity (Wildman–Crippen MR) is 106 cm³/mol. The molecule has 1 N–H and O–H groups in total. The summed E-state index contributed by atoms with van der Waals surface area (Å²) in [5.41, 5.74) is 1.49. The lowest BCUT2D eigenvalue weighted by atomic mass is 9.54. The van der Waals surface area contributed by atoms with Gasteiger partial charge >= 0.3 is 5.97 Å². The first kappa shape index (κ1) is 19.3. The fourth-order valence-corrected chi connectivity index (χ4v) is 6.37. The maximum atomic E-state index is 12.8. The topological polar surface area (TPSA) is 65.0 Å². The molecule has 0 heterocycles. The fraction of sp³-hybridized carbons (Fsp3) is 0.609. The minimum absolute atomic E-state index is 0.0323. The Bertz CT molecular complexity index is 787. The zero-order valence-corrected chi connectivity index (χ0v) is 16.9. The van der Waals surface area contributed by atoms with E-state index < -0.39 is 5.60 Å². The van der Waals surface area contributed by atoms with Gasteiger partial charge in [-0.2, -0.15) is 0 Å². The van der Waals surface area contributed by atoms with Crippen LogP contribution in [0.1, 0.15) is 42.7 Å². The molecule has 5 heteroatoms. The van der Waals surface area contributed by atoms with Gasteiger partial charge in [0.2, 0.25) is 0 Å². The van der Waals surface area contributed by atoms with Crippen molar-refractivity contribution in [3.05, 3.63) is 35.9 Å². The number of fused-ring (bicyclic) bond motifs is 5. The quantitative estimate of drug-likeness (QED) is 0.634. The smallest absolute Gasteiger partial charge is 0.309 e. The van der Waals surface area contributed by atoms with Gasteiger partial charge in [-0.1, -0.05) is 6.08 Å². The average molecular weight is 386 g/mol. The summed E-state index contributed by atoms with van der Waals surface area (Å²) in [6, 6.07) is 4.08. The van der Waals surface area contributed by atoms with Gasteiger partial charge in [0.25, 0.3) is 0 Å². The van der Waals surface area contributed by atoms with E-state index in [2.05, 4.69) is 6.58 Å². The summed E-state index contributed by atoms with van der Waals surface area (Å²) in [4.78, 5) is 12.8. The molecule has 0 aromatic heterocycles. The van der Waals surface area contributed by atoms with Crippen molar-refractivity contribution in [1.29, 1.82) is 0 Å². The van der Waals surface area contributed by atoms with Gasteiger partial charge in [-0.3, -0.25) is 4.79 Å². The zero-order chi connectivity index (χ0) is 20.1. The van der Waals surface area contributed by atoms with Crippen LogP contribution in [0.2, 0.25) is 0 Å². The van der Waals surface area contributed by atoms with Crippen LogP contribution in [0.3, 0.4) is 0 Å². The molecule has 0 saturated heterocycles. The average Bonchev–Trinajstić information content (AvgIpc) is 3.07. The molecule has 0 amide bonds. The Hall–Kier alpha value is -2.01. The standard InChI is InChI=1S/C23H30O5/c1-5-14-7-9-18-15-8-6-13-10-19(26-2)20(27-3)11-16(13)21(15)17(22(24)28-4)12-23(14,18)25/h5,10-11,14-15,17-18,21,25H,1,6-9,12H2,2-4H3/t14-,15+,17-,18+,21+,23-/m1/s1. The number of ether oxygens (including phenoxy) is 3. The minimum Gasteiger partial charge on any atom is -0.493 e. The molecule has 1 aromatic rings. The van der Waals surface area contributed by atoms with Crippen LogP contribution in [0.25, 0.3) is 0 Å². The number of aryl methyl sites for hydroxylation is 1. The number of benzene rings is 1. The van der Waals surface area contributed by atoms with Crippen LogP contribution in [0.15, 0.2) is 24.8 Å². The lowest BCUT2D eigenvalue weighted by Crippen LogP contribution is -2.54. The van der Waals surface area contributed by atoms with E-state index in [1.54, 1.807) is 14.2 Å². The first-order valence-corrected chi connectivity index (χ1v) is 10.2. The second-order valence-electron chi connectivity index (χ2n) is 8.49. The van der Waals surface area contributed by atoms with Gasteiger partial charge in [0.05, 0.1) is 32.8 Å². The van der Waals surface area contributed by atoms with Crippen molar-refractivity contribution < 1.29 is 24.1 Å². The van der Waals surface area contributed by atoms with Crippen molar-refractivity contribution in [1.82, 2.24) is 0 Å². The van der Waals surface area contributed by atoms with Crippen LogP contribution in [0, 0.1) is 23.7 Å². The van der Waals surface area contributed by atoms with E-state index in [-0.39, 0.29) is 35.6 Å². The molecule has 2 saturated carbocycles. The monoisotopic (exact) mass is 386 g/mol. The number of aliphatic hydroxyl groups is 1. The van der Waals surface area contributed by atoms with Gasteiger partial charge in [0, 0.05) is 11.8 Å². The SMILES string of the molecule is C=C[C@@H]1CC[C@H]2[C@@H]3CCc4cc(OC)c(OC)cc4[C@H]3[C@H](C(=O)OC)C[C@@]12O. The molecular weight excluding hydrogens is 356 g/mol. The Kier molecular flexibility index (Phi) is 4.90. The number of carbonyl (C=O) groups excluding carboxylic acids is 1. The second-order valence-corrected chi connectivity index (χ2v) is 8.49. The summed E-state index contributed by atoms with van der Waals surface area (Å²) in [6.07, 6.45) is 6.08. The number of hydrogen-bond donors (Lipinski definition) is 1. The Morgan fingerprint density at radius 2 is 1.89 bits per heavy atom. The fourth-order valence-electron chi connectivity index (χ4n) is 6.37. The van der Waals surface area contributed by atoms with Crippen molar-refractivity contribution >= 4 is 5.97 Å².